The molecule has 6 aromatic rings. The van der Waals surface area contributed by atoms with Crippen molar-refractivity contribution in [2.24, 2.45) is 5.92 Å². The van der Waals surface area contributed by atoms with Gasteiger partial charge in [0.2, 0.25) is 0 Å². The zero-order chi connectivity index (χ0) is 33.8. The Kier molecular flexibility index (Phi) is 9.55. The van der Waals surface area contributed by atoms with E-state index >= 15 is 0 Å². The summed E-state index contributed by atoms with van der Waals surface area (Å²) in [6.45, 7) is 15.7. The van der Waals surface area contributed by atoms with Crippen molar-refractivity contribution in [3.8, 4) is 0 Å². The van der Waals surface area contributed by atoms with Crippen LogP contribution in [0.3, 0.4) is 0 Å². The van der Waals surface area contributed by atoms with Gasteiger partial charge in [-0.2, -0.15) is 0 Å². The Labute approximate surface area is 288 Å². The predicted octanol–water partition coefficient (Wildman–Crippen LogP) is 13.2. The lowest BCUT2D eigenvalue weighted by Crippen LogP contribution is -2.31. The third kappa shape index (κ3) is 6.66. The van der Waals surface area contributed by atoms with Crippen molar-refractivity contribution < 1.29 is 0 Å². The summed E-state index contributed by atoms with van der Waals surface area (Å²) in [4.78, 5) is 4.70. The molecule has 0 saturated heterocycles. The highest BCUT2D eigenvalue weighted by Gasteiger charge is 2.34. The van der Waals surface area contributed by atoms with E-state index in [2.05, 4.69) is 204 Å². The maximum atomic E-state index is 2.42. The van der Waals surface area contributed by atoms with Crippen LogP contribution in [0, 0.1) is 33.6 Å². The molecule has 0 aliphatic heterocycles. The maximum Gasteiger partial charge on any atom is 0.0461 e. The smallest absolute Gasteiger partial charge is 0.0461 e. The minimum atomic E-state index is -0.164. The van der Waals surface area contributed by atoms with Crippen LogP contribution in [-0.4, -0.2) is 0 Å². The number of hydrogen-bond donors (Lipinski definition) is 0. The maximum absolute atomic E-state index is 2.42. The van der Waals surface area contributed by atoms with Crippen LogP contribution < -0.4 is 9.80 Å². The highest BCUT2D eigenvalue weighted by molar-refractivity contribution is 5.78. The summed E-state index contributed by atoms with van der Waals surface area (Å²) in [6.07, 6.45) is 1.08. The Balaban J connectivity index is 1.38. The molecule has 0 fully saturated rings. The van der Waals surface area contributed by atoms with Crippen molar-refractivity contribution in [3.63, 3.8) is 0 Å². The van der Waals surface area contributed by atoms with Crippen LogP contribution >= 0.6 is 0 Å². The number of benzene rings is 6. The molecule has 0 radical (unpaired) electrons. The first-order valence-corrected chi connectivity index (χ1v) is 17.3. The number of aryl methyl sites for hydroxylation is 4. The van der Waals surface area contributed by atoms with E-state index in [4.69, 9.17) is 0 Å². The molecule has 0 amide bonds. The summed E-state index contributed by atoms with van der Waals surface area (Å²) in [7, 11) is 0. The second kappa shape index (κ2) is 14.0. The Morgan fingerprint density at radius 3 is 0.812 bits per heavy atom. The number of nitrogens with zero attached hydrogens (tertiary/aromatic N) is 2. The van der Waals surface area contributed by atoms with Crippen LogP contribution in [-0.2, 0) is 5.41 Å². The minimum Gasteiger partial charge on any atom is -0.311 e. The first-order chi connectivity index (χ1) is 23.2. The Hall–Kier alpha value is -5.08. The molecule has 0 spiro atoms. The first kappa shape index (κ1) is 32.8. The monoisotopic (exact) mass is 628 g/mol. The van der Waals surface area contributed by atoms with Gasteiger partial charge < -0.3 is 9.80 Å². The van der Waals surface area contributed by atoms with Gasteiger partial charge in [-0.15, -0.1) is 0 Å². The van der Waals surface area contributed by atoms with E-state index in [0.717, 1.165) is 40.5 Å². The fraction of sp³-hybridized carbons (Fsp3) is 0.217. The van der Waals surface area contributed by atoms with Crippen molar-refractivity contribution in [3.05, 3.63) is 179 Å². The standard InChI is InChI=1S/C46H48N2/c1-8-37(6)46(7,38-17-29-44(30-18-38)47(40-21-9-33(2)10-22-40)41-23-11-34(3)12-24-41)39-19-31-45(32-20-39)48(42-25-13-35(4)14-26-42)43-27-15-36(5)16-28-43/h9-32,37H,8H2,1-7H3. The molecule has 0 heterocycles. The molecule has 0 aromatic heterocycles. The summed E-state index contributed by atoms with van der Waals surface area (Å²) in [6, 6.07) is 53.7. The van der Waals surface area contributed by atoms with E-state index in [9.17, 15) is 0 Å². The molecule has 0 aliphatic carbocycles. The first-order valence-electron chi connectivity index (χ1n) is 17.3. The van der Waals surface area contributed by atoms with Crippen molar-refractivity contribution in [2.45, 2.75) is 60.3 Å². The van der Waals surface area contributed by atoms with Crippen LogP contribution in [0.2, 0.25) is 0 Å². The summed E-state index contributed by atoms with van der Waals surface area (Å²) >= 11 is 0. The number of hydrogen-bond acceptors (Lipinski definition) is 2. The van der Waals surface area contributed by atoms with Gasteiger partial charge in [0.05, 0.1) is 0 Å². The van der Waals surface area contributed by atoms with Gasteiger partial charge in [-0.3, -0.25) is 0 Å². The van der Waals surface area contributed by atoms with Gasteiger partial charge in [0.1, 0.15) is 0 Å². The van der Waals surface area contributed by atoms with E-state index in [1.165, 1.54) is 33.4 Å². The number of rotatable bonds is 10. The second-order valence-electron chi connectivity index (χ2n) is 13.6. The van der Waals surface area contributed by atoms with Crippen LogP contribution in [0.15, 0.2) is 146 Å². The summed E-state index contributed by atoms with van der Waals surface area (Å²) < 4.78 is 0. The third-order valence-electron chi connectivity index (χ3n) is 10.2. The lowest BCUT2D eigenvalue weighted by atomic mass is 9.67. The lowest BCUT2D eigenvalue weighted by Gasteiger charge is -2.38. The zero-order valence-corrected chi connectivity index (χ0v) is 29.5. The molecule has 0 aliphatic rings. The van der Waals surface area contributed by atoms with Crippen LogP contribution in [0.5, 0.6) is 0 Å². The molecule has 0 bridgehead atoms. The van der Waals surface area contributed by atoms with E-state index < -0.39 is 0 Å². The summed E-state index contributed by atoms with van der Waals surface area (Å²) in [5, 5.41) is 0. The van der Waals surface area contributed by atoms with Gasteiger partial charge in [-0.25, -0.2) is 0 Å². The second-order valence-corrected chi connectivity index (χ2v) is 13.6. The van der Waals surface area contributed by atoms with E-state index in [1.54, 1.807) is 0 Å². The SMILES string of the molecule is CCC(C)C(C)(c1ccc(N(c2ccc(C)cc2)c2ccc(C)cc2)cc1)c1ccc(N(c2ccc(C)cc2)c2ccc(C)cc2)cc1. The summed E-state index contributed by atoms with van der Waals surface area (Å²) in [5.74, 6) is 0.435. The van der Waals surface area contributed by atoms with Gasteiger partial charge in [0.15, 0.2) is 0 Å². The van der Waals surface area contributed by atoms with E-state index in [-0.39, 0.29) is 5.41 Å². The van der Waals surface area contributed by atoms with Crippen LogP contribution in [0.1, 0.15) is 60.6 Å². The lowest BCUT2D eigenvalue weighted by molar-refractivity contribution is 0.364. The molecule has 6 rings (SSSR count). The van der Waals surface area contributed by atoms with Crippen LogP contribution in [0.4, 0.5) is 34.1 Å². The molecule has 1 atom stereocenters. The highest BCUT2D eigenvalue weighted by Crippen LogP contribution is 2.44. The molecule has 0 N–H and O–H groups in total. The van der Waals surface area contributed by atoms with Gasteiger partial charge in [-0.1, -0.05) is 122 Å². The molecule has 2 nitrogen and oxygen atoms in total. The van der Waals surface area contributed by atoms with Crippen molar-refractivity contribution in [2.75, 3.05) is 9.80 Å². The Morgan fingerprint density at radius 1 is 0.396 bits per heavy atom. The molecular formula is C46H48N2. The van der Waals surface area contributed by atoms with Crippen molar-refractivity contribution >= 4 is 34.1 Å². The van der Waals surface area contributed by atoms with Crippen molar-refractivity contribution in [1.82, 2.24) is 0 Å². The largest absolute Gasteiger partial charge is 0.311 e. The highest BCUT2D eigenvalue weighted by atomic mass is 15.1. The van der Waals surface area contributed by atoms with E-state index in [0.29, 0.717) is 5.92 Å². The molecule has 2 heteroatoms. The van der Waals surface area contributed by atoms with E-state index in [1.807, 2.05) is 0 Å². The normalized spacial score (nSPS) is 12.1. The van der Waals surface area contributed by atoms with Crippen LogP contribution in [0.25, 0.3) is 0 Å². The Morgan fingerprint density at radius 2 is 0.604 bits per heavy atom. The number of anilines is 6. The van der Waals surface area contributed by atoms with Gasteiger partial charge in [0, 0.05) is 39.5 Å². The zero-order valence-electron chi connectivity index (χ0n) is 29.5. The molecular weight excluding hydrogens is 581 g/mol. The Bertz CT molecular complexity index is 1690. The predicted molar refractivity (Wildman–Crippen MR) is 207 cm³/mol. The average molecular weight is 629 g/mol. The molecule has 242 valence electrons. The fourth-order valence-electron chi connectivity index (χ4n) is 6.73. The van der Waals surface area contributed by atoms with Gasteiger partial charge in [-0.05, 0) is 118 Å². The average Bonchev–Trinajstić information content (AvgIpc) is 3.11. The fourth-order valence-corrected chi connectivity index (χ4v) is 6.73. The molecule has 1 unspecified atom stereocenters. The minimum absolute atomic E-state index is 0.164. The quantitative estimate of drug-likeness (QED) is 0.149. The molecule has 48 heavy (non-hydrogen) atoms. The topological polar surface area (TPSA) is 6.48 Å². The molecule has 6 aromatic carbocycles. The van der Waals surface area contributed by atoms with Crippen molar-refractivity contribution in [1.29, 1.82) is 0 Å². The van der Waals surface area contributed by atoms with Gasteiger partial charge >= 0.3 is 0 Å². The third-order valence-corrected chi connectivity index (χ3v) is 10.2. The van der Waals surface area contributed by atoms with Gasteiger partial charge in [0.25, 0.3) is 0 Å². The summed E-state index contributed by atoms with van der Waals surface area (Å²) in [5.41, 5.74) is 14.5. The molecule has 0 saturated carbocycles.